The lowest BCUT2D eigenvalue weighted by molar-refractivity contribution is -0.385. The van der Waals surface area contributed by atoms with Crippen LogP contribution in [0.5, 0.6) is 0 Å². The first-order valence-electron chi connectivity index (χ1n) is 7.71. The van der Waals surface area contributed by atoms with Gasteiger partial charge in [0.15, 0.2) is 0 Å². The number of nitro benzene ring substituents is 1. The lowest BCUT2D eigenvalue weighted by Crippen LogP contribution is -2.20. The molecular formula is C18H17BrN4O2. The summed E-state index contributed by atoms with van der Waals surface area (Å²) in [6, 6.07) is 10.7. The molecule has 3 aromatic rings. The van der Waals surface area contributed by atoms with Gasteiger partial charge in [0.25, 0.3) is 5.69 Å². The van der Waals surface area contributed by atoms with Crippen molar-refractivity contribution in [2.75, 3.05) is 0 Å². The molecule has 0 N–H and O–H groups in total. The zero-order chi connectivity index (χ0) is 18.2. The van der Waals surface area contributed by atoms with Crippen molar-refractivity contribution in [3.8, 4) is 0 Å². The molecule has 0 saturated heterocycles. The second-order valence-electron chi connectivity index (χ2n) is 6.68. The second kappa shape index (κ2) is 6.40. The summed E-state index contributed by atoms with van der Waals surface area (Å²) in [6.07, 6.45) is 3.44. The number of halogens is 1. The maximum atomic E-state index is 11.0. The monoisotopic (exact) mass is 400 g/mol. The molecule has 0 unspecified atom stereocenters. The summed E-state index contributed by atoms with van der Waals surface area (Å²) in [5.74, 6) is 0. The van der Waals surface area contributed by atoms with Crippen molar-refractivity contribution >= 4 is 44.6 Å². The fourth-order valence-corrected chi connectivity index (χ4v) is 2.91. The van der Waals surface area contributed by atoms with Crippen molar-refractivity contribution in [2.45, 2.75) is 26.3 Å². The van der Waals surface area contributed by atoms with Crippen molar-refractivity contribution in [3.63, 3.8) is 0 Å². The molecule has 0 bridgehead atoms. The maximum Gasteiger partial charge on any atom is 0.284 e. The molecule has 0 saturated carbocycles. The van der Waals surface area contributed by atoms with Gasteiger partial charge < -0.3 is 4.57 Å². The molecule has 6 nitrogen and oxygen atoms in total. The van der Waals surface area contributed by atoms with Gasteiger partial charge in [0.2, 0.25) is 0 Å². The van der Waals surface area contributed by atoms with Gasteiger partial charge in [0, 0.05) is 17.8 Å². The van der Waals surface area contributed by atoms with Crippen LogP contribution in [0.15, 0.2) is 52.2 Å². The quantitative estimate of drug-likeness (QED) is 0.343. The highest BCUT2D eigenvalue weighted by molar-refractivity contribution is 9.10. The molecule has 0 aliphatic heterocycles. The van der Waals surface area contributed by atoms with Gasteiger partial charge in [0.05, 0.1) is 32.4 Å². The Morgan fingerprint density at radius 3 is 2.68 bits per heavy atom. The lowest BCUT2D eigenvalue weighted by atomic mass is 10.1. The number of hydrogen-bond donors (Lipinski definition) is 0. The third kappa shape index (κ3) is 3.61. The molecular weight excluding hydrogens is 384 g/mol. The first-order valence-corrected chi connectivity index (χ1v) is 8.50. The molecule has 2 aromatic carbocycles. The number of imidazole rings is 1. The minimum absolute atomic E-state index is 0.0170. The Hall–Kier alpha value is -2.54. The molecule has 0 aliphatic rings. The summed E-state index contributed by atoms with van der Waals surface area (Å²) < 4.78 is 2.57. The number of rotatable bonds is 3. The number of benzene rings is 2. The molecule has 1 aromatic heterocycles. The average molecular weight is 401 g/mol. The molecule has 25 heavy (non-hydrogen) atoms. The topological polar surface area (TPSA) is 73.3 Å². The van der Waals surface area contributed by atoms with Crippen LogP contribution >= 0.6 is 15.9 Å². The second-order valence-corrected chi connectivity index (χ2v) is 7.54. The summed E-state index contributed by atoms with van der Waals surface area (Å²) in [7, 11) is 0. The summed E-state index contributed by atoms with van der Waals surface area (Å²) >= 11 is 3.18. The van der Waals surface area contributed by atoms with Crippen LogP contribution in [-0.2, 0) is 5.54 Å². The SMILES string of the molecule is CC(C)(C)n1cnc2cc(N=Cc3ccc(Br)c([N+](=O)[O-])c3)ccc21. The van der Waals surface area contributed by atoms with E-state index in [2.05, 4.69) is 51.2 Å². The van der Waals surface area contributed by atoms with Crippen LogP contribution in [0.1, 0.15) is 26.3 Å². The Labute approximate surface area is 153 Å². The highest BCUT2D eigenvalue weighted by atomic mass is 79.9. The van der Waals surface area contributed by atoms with Crippen LogP contribution in [0.3, 0.4) is 0 Å². The largest absolute Gasteiger partial charge is 0.325 e. The Morgan fingerprint density at radius 1 is 1.24 bits per heavy atom. The van der Waals surface area contributed by atoms with Gasteiger partial charge in [-0.1, -0.05) is 6.07 Å². The number of aliphatic imine (C=N–C) groups is 1. The van der Waals surface area contributed by atoms with Crippen LogP contribution in [0.4, 0.5) is 11.4 Å². The predicted octanol–water partition coefficient (Wildman–Crippen LogP) is 5.21. The van der Waals surface area contributed by atoms with Crippen LogP contribution in [0.25, 0.3) is 11.0 Å². The molecule has 0 aliphatic carbocycles. The molecule has 3 rings (SSSR count). The smallest absolute Gasteiger partial charge is 0.284 e. The summed E-state index contributed by atoms with van der Waals surface area (Å²) in [4.78, 5) is 19.4. The van der Waals surface area contributed by atoms with Gasteiger partial charge in [-0.25, -0.2) is 4.98 Å². The fourth-order valence-electron chi connectivity index (χ4n) is 2.51. The minimum atomic E-state index is -0.424. The Balaban J connectivity index is 1.92. The Kier molecular flexibility index (Phi) is 4.43. The third-order valence-electron chi connectivity index (χ3n) is 3.78. The standard InChI is InChI=1S/C18H17BrN4O2/c1-18(2,3)22-11-21-15-9-13(5-7-16(15)22)20-10-12-4-6-14(19)17(8-12)23(24)25/h4-11H,1-3H3. The van der Waals surface area contributed by atoms with E-state index in [0.717, 1.165) is 16.7 Å². The van der Waals surface area contributed by atoms with E-state index in [1.165, 1.54) is 6.07 Å². The molecule has 1 heterocycles. The van der Waals surface area contributed by atoms with Crippen LogP contribution in [0, 0.1) is 10.1 Å². The van der Waals surface area contributed by atoms with Crippen molar-refractivity contribution in [1.29, 1.82) is 0 Å². The van der Waals surface area contributed by atoms with E-state index >= 15 is 0 Å². The van der Waals surface area contributed by atoms with Crippen LogP contribution < -0.4 is 0 Å². The zero-order valence-electron chi connectivity index (χ0n) is 14.1. The number of aromatic nitrogens is 2. The minimum Gasteiger partial charge on any atom is -0.325 e. The van der Waals surface area contributed by atoms with E-state index in [1.54, 1.807) is 18.3 Å². The molecule has 0 spiro atoms. The molecule has 128 valence electrons. The molecule has 7 heteroatoms. The zero-order valence-corrected chi connectivity index (χ0v) is 15.7. The number of fused-ring (bicyclic) bond motifs is 1. The number of nitro groups is 1. The van der Waals surface area contributed by atoms with Crippen molar-refractivity contribution in [1.82, 2.24) is 9.55 Å². The normalized spacial score (nSPS) is 12.2. The van der Waals surface area contributed by atoms with Crippen molar-refractivity contribution in [2.24, 2.45) is 4.99 Å². The van der Waals surface area contributed by atoms with E-state index in [-0.39, 0.29) is 11.2 Å². The lowest BCUT2D eigenvalue weighted by Gasteiger charge is -2.21. The van der Waals surface area contributed by atoms with E-state index in [9.17, 15) is 10.1 Å². The van der Waals surface area contributed by atoms with Crippen LogP contribution in [0.2, 0.25) is 0 Å². The van der Waals surface area contributed by atoms with Gasteiger partial charge >= 0.3 is 0 Å². The molecule has 0 atom stereocenters. The van der Waals surface area contributed by atoms with Crippen molar-refractivity contribution < 1.29 is 4.92 Å². The average Bonchev–Trinajstić information content (AvgIpc) is 2.97. The number of nitrogens with zero attached hydrogens (tertiary/aromatic N) is 4. The number of hydrogen-bond acceptors (Lipinski definition) is 4. The van der Waals surface area contributed by atoms with E-state index < -0.39 is 4.92 Å². The van der Waals surface area contributed by atoms with E-state index in [4.69, 9.17) is 0 Å². The first kappa shape index (κ1) is 17.3. The molecule has 0 radical (unpaired) electrons. The van der Waals surface area contributed by atoms with Crippen molar-refractivity contribution in [3.05, 3.63) is 62.9 Å². The van der Waals surface area contributed by atoms with Gasteiger partial charge in [0.1, 0.15) is 0 Å². The van der Waals surface area contributed by atoms with Gasteiger partial charge in [-0.3, -0.25) is 15.1 Å². The summed E-state index contributed by atoms with van der Waals surface area (Å²) in [5, 5.41) is 11.0. The van der Waals surface area contributed by atoms with E-state index in [0.29, 0.717) is 10.0 Å². The highest BCUT2D eigenvalue weighted by Gasteiger charge is 2.16. The van der Waals surface area contributed by atoms with Gasteiger partial charge in [-0.2, -0.15) is 0 Å². The summed E-state index contributed by atoms with van der Waals surface area (Å²) in [6.45, 7) is 6.38. The first-order chi connectivity index (χ1) is 11.8. The highest BCUT2D eigenvalue weighted by Crippen LogP contribution is 2.27. The summed E-state index contributed by atoms with van der Waals surface area (Å²) in [5.41, 5.74) is 3.29. The van der Waals surface area contributed by atoms with Gasteiger partial charge in [-0.15, -0.1) is 0 Å². The maximum absolute atomic E-state index is 11.0. The molecule has 0 amide bonds. The predicted molar refractivity (Wildman–Crippen MR) is 103 cm³/mol. The van der Waals surface area contributed by atoms with Gasteiger partial charge in [-0.05, 0) is 66.5 Å². The fraction of sp³-hybridized carbons (Fsp3) is 0.222. The Morgan fingerprint density at radius 2 is 2.00 bits per heavy atom. The Bertz CT molecular complexity index is 986. The van der Waals surface area contributed by atoms with Crippen LogP contribution in [-0.4, -0.2) is 20.7 Å². The van der Waals surface area contributed by atoms with E-state index in [1.807, 2.05) is 24.5 Å². The molecule has 0 fully saturated rings. The third-order valence-corrected chi connectivity index (χ3v) is 4.45.